The molecule has 0 spiro atoms. The van der Waals surface area contributed by atoms with E-state index >= 15 is 0 Å². The van der Waals surface area contributed by atoms with Crippen LogP contribution in [0.5, 0.6) is 5.88 Å². The molecule has 2 aromatic heterocycles. The fraction of sp³-hybridized carbons (Fsp3) is 0.333. The predicted molar refractivity (Wildman–Crippen MR) is 51.5 cm³/mol. The monoisotopic (exact) mass is 193 g/mol. The van der Waals surface area contributed by atoms with E-state index in [4.69, 9.17) is 0 Å². The average molecular weight is 193 g/mol. The number of rotatable bonds is 1. The Labute approximate surface area is 80.2 Å². The number of nitrogens with zero attached hydrogens (tertiary/aromatic N) is 3. The van der Waals surface area contributed by atoms with E-state index in [9.17, 15) is 9.90 Å². The average Bonchev–Trinajstić information content (AvgIpc) is 2.49. The van der Waals surface area contributed by atoms with Crippen LogP contribution in [0.4, 0.5) is 0 Å². The van der Waals surface area contributed by atoms with Crippen LogP contribution in [-0.2, 0) is 13.5 Å². The highest BCUT2D eigenvalue weighted by molar-refractivity contribution is 5.37. The van der Waals surface area contributed by atoms with Crippen molar-refractivity contribution in [1.82, 2.24) is 14.0 Å². The summed E-state index contributed by atoms with van der Waals surface area (Å²) in [6.45, 7) is 1.81. The van der Waals surface area contributed by atoms with Crippen molar-refractivity contribution in [2.24, 2.45) is 7.05 Å². The first-order chi connectivity index (χ1) is 6.65. The second-order valence-electron chi connectivity index (χ2n) is 3.15. The molecule has 2 aromatic rings. The molecule has 0 saturated heterocycles. The van der Waals surface area contributed by atoms with Gasteiger partial charge in [0, 0.05) is 19.4 Å². The second kappa shape index (κ2) is 2.87. The van der Waals surface area contributed by atoms with Gasteiger partial charge in [-0.2, -0.15) is 4.98 Å². The quantitative estimate of drug-likeness (QED) is 0.708. The van der Waals surface area contributed by atoms with Gasteiger partial charge in [-0.25, -0.2) is 0 Å². The maximum atomic E-state index is 11.7. The first-order valence-electron chi connectivity index (χ1n) is 4.40. The third-order valence-corrected chi connectivity index (χ3v) is 2.28. The summed E-state index contributed by atoms with van der Waals surface area (Å²) >= 11 is 0. The van der Waals surface area contributed by atoms with Crippen molar-refractivity contribution < 1.29 is 5.11 Å². The van der Waals surface area contributed by atoms with E-state index in [1.165, 1.54) is 4.40 Å². The van der Waals surface area contributed by atoms with E-state index in [1.807, 2.05) is 6.92 Å². The Morgan fingerprint density at radius 3 is 2.86 bits per heavy atom. The molecule has 0 aliphatic carbocycles. The number of fused-ring (bicyclic) bond motifs is 1. The lowest BCUT2D eigenvalue weighted by atomic mass is 10.2. The first kappa shape index (κ1) is 8.80. The highest BCUT2D eigenvalue weighted by Crippen LogP contribution is 2.11. The van der Waals surface area contributed by atoms with Gasteiger partial charge in [-0.1, -0.05) is 6.92 Å². The lowest BCUT2D eigenvalue weighted by Crippen LogP contribution is -2.18. The molecular weight excluding hydrogens is 182 g/mol. The third-order valence-electron chi connectivity index (χ3n) is 2.28. The minimum absolute atomic E-state index is 0.167. The topological polar surface area (TPSA) is 59.5 Å². The highest BCUT2D eigenvalue weighted by atomic mass is 16.3. The Balaban J connectivity index is 2.95. The molecular formula is C9H11N3O2. The van der Waals surface area contributed by atoms with Gasteiger partial charge in [0.15, 0.2) is 0 Å². The molecule has 0 unspecified atom stereocenters. The Bertz CT molecular complexity index is 539. The van der Waals surface area contributed by atoms with Gasteiger partial charge in [0.1, 0.15) is 0 Å². The summed E-state index contributed by atoms with van der Waals surface area (Å²) in [6.07, 6.45) is 3.85. The van der Waals surface area contributed by atoms with Crippen molar-refractivity contribution in [2.75, 3.05) is 0 Å². The summed E-state index contributed by atoms with van der Waals surface area (Å²) in [4.78, 5) is 15.7. The van der Waals surface area contributed by atoms with Gasteiger partial charge in [0.05, 0.1) is 5.56 Å². The molecule has 0 atom stereocenters. The van der Waals surface area contributed by atoms with Crippen LogP contribution >= 0.6 is 0 Å². The van der Waals surface area contributed by atoms with Crippen LogP contribution in [0.2, 0.25) is 0 Å². The molecule has 5 nitrogen and oxygen atoms in total. The number of hydrogen-bond acceptors (Lipinski definition) is 3. The van der Waals surface area contributed by atoms with Crippen molar-refractivity contribution in [3.63, 3.8) is 0 Å². The number of aryl methyl sites for hydroxylation is 1. The molecule has 1 N–H and O–H groups in total. The van der Waals surface area contributed by atoms with Gasteiger partial charge >= 0.3 is 0 Å². The summed E-state index contributed by atoms with van der Waals surface area (Å²) in [7, 11) is 1.77. The Hall–Kier alpha value is -1.78. The lowest BCUT2D eigenvalue weighted by Gasteiger charge is -2.01. The minimum Gasteiger partial charge on any atom is -0.493 e. The van der Waals surface area contributed by atoms with E-state index < -0.39 is 0 Å². The Morgan fingerprint density at radius 1 is 1.50 bits per heavy atom. The molecule has 0 saturated carbocycles. The van der Waals surface area contributed by atoms with Crippen molar-refractivity contribution in [2.45, 2.75) is 13.3 Å². The molecule has 0 aromatic carbocycles. The van der Waals surface area contributed by atoms with E-state index in [2.05, 4.69) is 4.98 Å². The molecule has 0 bridgehead atoms. The van der Waals surface area contributed by atoms with Crippen LogP contribution in [0.15, 0.2) is 17.2 Å². The molecule has 0 fully saturated rings. The summed E-state index contributed by atoms with van der Waals surface area (Å²) in [5, 5.41) is 9.49. The molecule has 0 aliphatic rings. The zero-order valence-electron chi connectivity index (χ0n) is 8.06. The van der Waals surface area contributed by atoms with E-state index in [0.29, 0.717) is 17.8 Å². The van der Waals surface area contributed by atoms with Crippen molar-refractivity contribution in [1.29, 1.82) is 0 Å². The van der Waals surface area contributed by atoms with Gasteiger partial charge in [-0.05, 0) is 6.42 Å². The maximum Gasteiger partial charge on any atom is 0.266 e. The maximum absolute atomic E-state index is 11.7. The Kier molecular flexibility index (Phi) is 1.80. The molecule has 14 heavy (non-hydrogen) atoms. The number of aromatic hydroxyl groups is 1. The molecule has 74 valence electrons. The van der Waals surface area contributed by atoms with Crippen molar-refractivity contribution >= 4 is 5.78 Å². The van der Waals surface area contributed by atoms with Crippen LogP contribution in [0, 0.1) is 0 Å². The van der Waals surface area contributed by atoms with Crippen molar-refractivity contribution in [3.8, 4) is 5.88 Å². The minimum atomic E-state index is -0.199. The van der Waals surface area contributed by atoms with Gasteiger partial charge in [-0.15, -0.1) is 0 Å². The molecule has 2 heterocycles. The van der Waals surface area contributed by atoms with Crippen LogP contribution < -0.4 is 5.56 Å². The fourth-order valence-electron chi connectivity index (χ4n) is 1.47. The zero-order chi connectivity index (χ0) is 10.3. The molecule has 0 aliphatic heterocycles. The van der Waals surface area contributed by atoms with E-state index in [0.717, 1.165) is 0 Å². The SMILES string of the molecule is CCc1c(O)nc2n(C)ccn2c1=O. The zero-order valence-corrected chi connectivity index (χ0v) is 8.06. The van der Waals surface area contributed by atoms with E-state index in [1.54, 1.807) is 24.0 Å². The second-order valence-corrected chi connectivity index (χ2v) is 3.15. The Morgan fingerprint density at radius 2 is 2.21 bits per heavy atom. The fourth-order valence-corrected chi connectivity index (χ4v) is 1.47. The summed E-state index contributed by atoms with van der Waals surface area (Å²) in [5.41, 5.74) is 0.157. The number of imidazole rings is 1. The lowest BCUT2D eigenvalue weighted by molar-refractivity contribution is 0.444. The highest BCUT2D eigenvalue weighted by Gasteiger charge is 2.11. The smallest absolute Gasteiger partial charge is 0.266 e. The molecule has 5 heteroatoms. The van der Waals surface area contributed by atoms with Crippen LogP contribution in [-0.4, -0.2) is 19.1 Å². The number of hydrogen-bond donors (Lipinski definition) is 1. The first-order valence-corrected chi connectivity index (χ1v) is 4.40. The molecule has 2 rings (SSSR count). The van der Waals surface area contributed by atoms with Crippen molar-refractivity contribution in [3.05, 3.63) is 28.3 Å². The van der Waals surface area contributed by atoms with Gasteiger partial charge in [-0.3, -0.25) is 9.20 Å². The predicted octanol–water partition coefficient (Wildman–Crippen LogP) is 0.301. The molecule has 0 amide bonds. The normalized spacial score (nSPS) is 11.0. The van der Waals surface area contributed by atoms with Crippen LogP contribution in [0.25, 0.3) is 5.78 Å². The van der Waals surface area contributed by atoms with Gasteiger partial charge in [0.25, 0.3) is 5.56 Å². The van der Waals surface area contributed by atoms with Crippen LogP contribution in [0.1, 0.15) is 12.5 Å². The standard InChI is InChI=1S/C9H11N3O2/c1-3-6-7(13)10-9-11(2)4-5-12(9)8(6)14/h4-5,13H,3H2,1-2H3. The van der Waals surface area contributed by atoms with Gasteiger partial charge < -0.3 is 9.67 Å². The summed E-state index contributed by atoms with van der Waals surface area (Å²) in [5.74, 6) is 0.281. The number of aromatic nitrogens is 3. The summed E-state index contributed by atoms with van der Waals surface area (Å²) < 4.78 is 3.11. The largest absolute Gasteiger partial charge is 0.493 e. The van der Waals surface area contributed by atoms with Crippen LogP contribution in [0.3, 0.4) is 0 Å². The molecule has 0 radical (unpaired) electrons. The van der Waals surface area contributed by atoms with E-state index in [-0.39, 0.29) is 11.4 Å². The van der Waals surface area contributed by atoms with Gasteiger partial charge in [0.2, 0.25) is 11.7 Å². The summed E-state index contributed by atoms with van der Waals surface area (Å²) in [6, 6.07) is 0. The third kappa shape index (κ3) is 1.02.